The Morgan fingerprint density at radius 1 is 0.308 bits per heavy atom. The predicted octanol–water partition coefficient (Wildman–Crippen LogP) is 10.7. The highest BCUT2D eigenvalue weighted by Gasteiger charge is 2.57. The molecule has 18 heteroatoms. The van der Waals surface area contributed by atoms with Crippen molar-refractivity contribution in [2.75, 3.05) is 75.5 Å². The fraction of sp³-hybridized carbons (Fsp3) is 0.400. The minimum atomic E-state index is -3.26. The van der Waals surface area contributed by atoms with Crippen LogP contribution in [0.1, 0.15) is 88.8 Å². The van der Waals surface area contributed by atoms with E-state index < -0.39 is 39.0 Å². The summed E-state index contributed by atoms with van der Waals surface area (Å²) in [6.07, 6.45) is -4.66. The molecule has 6 aliphatic rings. The monoisotopic (exact) mass is 1230 g/mol. The van der Waals surface area contributed by atoms with E-state index in [-0.39, 0.29) is 0 Å². The third-order valence-electron chi connectivity index (χ3n) is 17.6. The van der Waals surface area contributed by atoms with Gasteiger partial charge in [0.05, 0.1) is 67.7 Å². The average molecular weight is 1230 g/mol. The molecule has 0 N–H and O–H groups in total. The first-order valence-corrected chi connectivity index (χ1v) is 43.3. The van der Waals surface area contributed by atoms with Crippen molar-refractivity contribution in [3.63, 3.8) is 0 Å². The molecule has 0 spiro atoms. The van der Waals surface area contributed by atoms with Crippen molar-refractivity contribution in [3.8, 4) is 0 Å². The first-order valence-electron chi connectivity index (χ1n) is 27.9. The van der Waals surface area contributed by atoms with Gasteiger partial charge < -0.3 is 9.80 Å². The summed E-state index contributed by atoms with van der Waals surface area (Å²) < 4.78 is 41.1. The molecule has 412 valence electrons. The van der Waals surface area contributed by atoms with Crippen LogP contribution in [0.25, 0.3) is 0 Å². The van der Waals surface area contributed by atoms with Gasteiger partial charge in [-0.1, -0.05) is 103 Å². The summed E-state index contributed by atoms with van der Waals surface area (Å²) >= 11 is 27.3. The molecule has 4 unspecified atom stereocenters. The van der Waals surface area contributed by atoms with Crippen LogP contribution >= 0.6 is 39.0 Å². The van der Waals surface area contributed by atoms with Crippen LogP contribution in [0.5, 0.6) is 0 Å². The highest BCUT2D eigenvalue weighted by Crippen LogP contribution is 2.69. The van der Waals surface area contributed by atoms with Crippen molar-refractivity contribution in [2.24, 2.45) is 0 Å². The molecule has 6 aromatic carbocycles. The predicted molar refractivity (Wildman–Crippen MR) is 362 cm³/mol. The van der Waals surface area contributed by atoms with Crippen molar-refractivity contribution in [1.29, 1.82) is 0 Å². The first-order chi connectivity index (χ1) is 36.8. The molecule has 0 aromatic heterocycles. The van der Waals surface area contributed by atoms with Gasteiger partial charge in [0.15, 0.2) is 0 Å². The molecule has 0 saturated carbocycles. The van der Waals surface area contributed by atoms with Gasteiger partial charge in [0.25, 0.3) is 0 Å². The minimum Gasteiger partial charge on any atom is -0.306 e. The van der Waals surface area contributed by atoms with Crippen molar-refractivity contribution >= 4 is 184 Å². The van der Waals surface area contributed by atoms with E-state index in [0.717, 1.165) is 91.8 Å². The molecule has 0 amide bonds. The molecule has 78 heavy (non-hydrogen) atoms. The Morgan fingerprint density at radius 2 is 0.474 bits per heavy atom. The van der Waals surface area contributed by atoms with Gasteiger partial charge in [0.2, 0.25) is 14.6 Å². The van der Waals surface area contributed by atoms with Crippen LogP contribution in [-0.4, -0.2) is 84.4 Å². The van der Waals surface area contributed by atoms with Crippen molar-refractivity contribution in [1.82, 2.24) is 18.7 Å². The maximum atomic E-state index is 15.8. The summed E-state index contributed by atoms with van der Waals surface area (Å²) in [6.45, 7) is 41.2. The zero-order chi connectivity index (χ0) is 56.5. The van der Waals surface area contributed by atoms with Crippen LogP contribution < -0.4 is 73.5 Å². The van der Waals surface area contributed by atoms with E-state index in [4.69, 9.17) is 47.2 Å². The van der Waals surface area contributed by atoms with E-state index in [2.05, 4.69) is 205 Å². The molecule has 0 saturated heterocycles. The van der Waals surface area contributed by atoms with Gasteiger partial charge in [-0.15, -0.1) is 0 Å². The van der Waals surface area contributed by atoms with Gasteiger partial charge in [-0.05, 0) is 161 Å². The second-order valence-electron chi connectivity index (χ2n) is 22.3. The van der Waals surface area contributed by atoms with E-state index >= 15 is 9.13 Å². The SMILES string of the molecule is CCN(CC)P1(=O)c2cc(C)cc3c2N2c4c1cc(C)cc4P(C)(=S)c1cc(C)cc(c12)P3(=O)N(CC)CC.CCN(CC)P1(=S)c2cc(C)cc3c2N2c4c(cc(C)cc4P(=S)(N(CC)CC)c4cc(C)cc1c42)P3(C)=S. The second-order valence-corrected chi connectivity index (χ2v) is 46.2. The number of hydrogen-bond acceptors (Lipinski definition) is 8. The third-order valence-corrected chi connectivity index (χ3v) is 42.1. The van der Waals surface area contributed by atoms with Crippen LogP contribution in [0.3, 0.4) is 0 Å². The number of nitrogens with zero attached hydrogens (tertiary/aromatic N) is 6. The Labute approximate surface area is 486 Å². The average Bonchev–Trinajstić information content (AvgIpc) is 2.14. The number of hydrogen-bond donors (Lipinski definition) is 0. The Balaban J connectivity index is 0.000000165. The number of rotatable bonds is 12. The Morgan fingerprint density at radius 3 is 0.692 bits per heavy atom. The molecule has 4 atom stereocenters. The second kappa shape index (κ2) is 19.7. The van der Waals surface area contributed by atoms with Gasteiger partial charge in [0, 0.05) is 107 Å². The molecule has 0 radical (unpaired) electrons. The molecule has 6 aliphatic heterocycles. The quantitative estimate of drug-likeness (QED) is 0.110. The highest BCUT2D eigenvalue weighted by atomic mass is 32.5. The summed E-state index contributed by atoms with van der Waals surface area (Å²) in [4.78, 5) is 4.92. The van der Waals surface area contributed by atoms with Crippen LogP contribution in [-0.2, 0) is 56.4 Å². The third kappa shape index (κ3) is 7.41. The van der Waals surface area contributed by atoms with E-state index in [9.17, 15) is 0 Å². The van der Waals surface area contributed by atoms with Gasteiger partial charge in [0.1, 0.15) is 0 Å². The van der Waals surface area contributed by atoms with Crippen molar-refractivity contribution in [3.05, 3.63) is 106 Å². The molecular weight excluding hydrogens is 1150 g/mol. The molecule has 6 aromatic rings. The molecule has 0 bridgehead atoms. The first kappa shape index (κ1) is 57.6. The van der Waals surface area contributed by atoms with E-state index in [1.807, 2.05) is 6.92 Å². The van der Waals surface area contributed by atoms with Crippen molar-refractivity contribution in [2.45, 2.75) is 96.9 Å². The largest absolute Gasteiger partial charge is 0.306 e. The van der Waals surface area contributed by atoms with Crippen LogP contribution in [0.4, 0.5) is 34.1 Å². The standard InChI is InChI=1S/C30H38N3O2P3S.C30H38N3P3S3/c1-9-31(10-2)37(34)24-15-19(5)13-22-28(24)33-29-23(36(22,8)39)14-20(6)16-25(29)38(35,32(11-3)12-4)27-18-21(7)17-26(37)30(27)33;1-9-31(10-2)35(38)24-15-19(5)13-22-28(24)33-29-23(34(22,8)37)14-20(6)16-25(29)36(39,32(11-3)12-4)27-18-21(7)17-26(35)30(27)33/h2*13-18H,9-12H2,1-8H3. The summed E-state index contributed by atoms with van der Waals surface area (Å²) in [5, 5.41) is 13.6. The lowest BCUT2D eigenvalue weighted by Gasteiger charge is -2.54. The highest BCUT2D eigenvalue weighted by molar-refractivity contribution is 8.24. The summed E-state index contributed by atoms with van der Waals surface area (Å²) in [6, 6.07) is 22.9. The fourth-order valence-electron chi connectivity index (χ4n) is 14.1. The van der Waals surface area contributed by atoms with Gasteiger partial charge in [-0.25, -0.2) is 9.34 Å². The number of anilines is 6. The lowest BCUT2D eigenvalue weighted by Crippen LogP contribution is -2.53. The molecule has 0 aliphatic carbocycles. The van der Waals surface area contributed by atoms with E-state index in [1.54, 1.807) is 0 Å². The van der Waals surface area contributed by atoms with Gasteiger partial charge in [-0.2, -0.15) is 0 Å². The maximum absolute atomic E-state index is 15.8. The summed E-state index contributed by atoms with van der Waals surface area (Å²) in [7, 11) is -6.51. The Hall–Kier alpha value is -2.18. The summed E-state index contributed by atoms with van der Waals surface area (Å²) in [5.41, 5.74) is 13.7. The van der Waals surface area contributed by atoms with E-state index in [0.29, 0.717) is 26.2 Å². The van der Waals surface area contributed by atoms with Gasteiger partial charge in [-0.3, -0.25) is 18.5 Å². The number of benzene rings is 6. The maximum Gasteiger partial charge on any atom is 0.211 e. The normalized spacial score (nSPS) is 25.8. The molecular formula is C60H76N6O2P6S4. The molecule has 6 heterocycles. The summed E-state index contributed by atoms with van der Waals surface area (Å²) in [5.74, 6) is 0. The number of aryl methyl sites for hydroxylation is 6. The van der Waals surface area contributed by atoms with Gasteiger partial charge >= 0.3 is 0 Å². The lowest BCUT2D eigenvalue weighted by atomic mass is 10.1. The topological polar surface area (TPSA) is 53.6 Å². The molecule has 12 rings (SSSR count). The molecule has 0 fully saturated rings. The van der Waals surface area contributed by atoms with Crippen molar-refractivity contribution < 1.29 is 9.13 Å². The van der Waals surface area contributed by atoms with Crippen LogP contribution in [0.2, 0.25) is 0 Å². The Kier molecular flexibility index (Phi) is 14.6. The van der Waals surface area contributed by atoms with Crippen LogP contribution in [0, 0.1) is 41.5 Å². The zero-order valence-electron chi connectivity index (χ0n) is 48.4. The lowest BCUT2D eigenvalue weighted by molar-refractivity contribution is 0.457. The molecule has 8 nitrogen and oxygen atoms in total. The van der Waals surface area contributed by atoms with Crippen LogP contribution in [0.15, 0.2) is 72.8 Å². The fourth-order valence-corrected chi connectivity index (χ4v) is 37.9. The van der Waals surface area contributed by atoms with E-state index in [1.165, 1.54) is 65.6 Å². The Bertz CT molecular complexity index is 3470. The minimum absolute atomic E-state index is 0.661. The smallest absolute Gasteiger partial charge is 0.211 e. The zero-order valence-corrected chi connectivity index (χ0v) is 57.0.